The molecular weight excluding hydrogens is 450 g/mol. The van der Waals surface area contributed by atoms with Crippen LogP contribution in [-0.4, -0.2) is 52.9 Å². The number of nitriles is 1. The van der Waals surface area contributed by atoms with Gasteiger partial charge in [0.2, 0.25) is 0 Å². The predicted molar refractivity (Wildman–Crippen MR) is 142 cm³/mol. The molecule has 2 bridgehead atoms. The highest BCUT2D eigenvalue weighted by atomic mass is 15.4. The maximum atomic E-state index is 9.01. The molecule has 0 aliphatic carbocycles. The number of piperidine rings is 1. The number of amidine groups is 2. The van der Waals surface area contributed by atoms with Crippen molar-refractivity contribution in [2.45, 2.75) is 45.1 Å². The van der Waals surface area contributed by atoms with Gasteiger partial charge in [0, 0.05) is 54.9 Å². The Balaban J connectivity index is 1.23. The van der Waals surface area contributed by atoms with E-state index in [0.29, 0.717) is 29.2 Å². The first-order chi connectivity index (χ1) is 17.4. The van der Waals surface area contributed by atoms with Gasteiger partial charge in [-0.1, -0.05) is 12.1 Å². The minimum atomic E-state index is -0.409. The van der Waals surface area contributed by atoms with Gasteiger partial charge in [-0.25, -0.2) is 15.0 Å². The summed E-state index contributed by atoms with van der Waals surface area (Å²) in [5.41, 5.74) is 16.1. The maximum absolute atomic E-state index is 9.01. The van der Waals surface area contributed by atoms with Gasteiger partial charge in [0.05, 0.1) is 11.6 Å². The van der Waals surface area contributed by atoms with Crippen LogP contribution in [0.25, 0.3) is 0 Å². The van der Waals surface area contributed by atoms with E-state index in [1.54, 1.807) is 13.0 Å². The quantitative estimate of drug-likeness (QED) is 0.426. The lowest BCUT2D eigenvalue weighted by Crippen LogP contribution is -2.68. The summed E-state index contributed by atoms with van der Waals surface area (Å²) in [6.45, 7) is 6.60. The van der Waals surface area contributed by atoms with Gasteiger partial charge in [0.15, 0.2) is 6.17 Å². The number of allylic oxidation sites excluding steroid dienone is 2. The first-order valence-corrected chi connectivity index (χ1v) is 12.1. The smallest absolute Gasteiger partial charge is 0.164 e. The van der Waals surface area contributed by atoms with E-state index in [1.165, 1.54) is 12.0 Å². The van der Waals surface area contributed by atoms with E-state index in [2.05, 4.69) is 55.4 Å². The molecular formula is C27H31N9. The summed E-state index contributed by atoms with van der Waals surface area (Å²) < 4.78 is 0. The second-order valence-corrected chi connectivity index (χ2v) is 9.64. The lowest BCUT2D eigenvalue weighted by molar-refractivity contribution is -0.00868. The molecule has 0 saturated carbocycles. The third-order valence-electron chi connectivity index (χ3n) is 6.77. The molecule has 1 aromatic carbocycles. The third-order valence-corrected chi connectivity index (χ3v) is 6.77. The molecule has 0 spiro atoms. The second kappa shape index (κ2) is 9.84. The number of rotatable bonds is 6. The van der Waals surface area contributed by atoms with Crippen LogP contribution in [0.1, 0.15) is 37.0 Å². The van der Waals surface area contributed by atoms with Gasteiger partial charge in [0.25, 0.3) is 0 Å². The zero-order valence-electron chi connectivity index (χ0n) is 20.6. The number of hydrogen-bond acceptors (Lipinski definition) is 8. The fraction of sp³-hybridized carbons (Fsp3) is 0.333. The largest absolute Gasteiger partial charge is 0.402 e. The molecule has 3 unspecified atom stereocenters. The van der Waals surface area contributed by atoms with Crippen LogP contribution in [0.2, 0.25) is 0 Å². The standard InChI is InChI=1S/C27H31N9/c1-17(29)9-24(30)33-25-10-18(2)32-27(34-25)21-7-8-26(31-13-21)35-15-22-11-23(16-35)36(22)14-20-5-3-19(12-28)4-6-20/h3-10,13,22-23,25H,11,14-16,29H2,1-2H3,(H2,30,33)(H,32,34)/b17-9-. The number of nitrogens with one attached hydrogen (secondary N) is 1. The zero-order chi connectivity index (χ0) is 25.2. The minimum Gasteiger partial charge on any atom is -0.402 e. The van der Waals surface area contributed by atoms with Crippen LogP contribution in [0.3, 0.4) is 0 Å². The van der Waals surface area contributed by atoms with Crippen LogP contribution in [0.4, 0.5) is 5.82 Å². The molecule has 4 aliphatic rings. The number of benzene rings is 1. The van der Waals surface area contributed by atoms with E-state index in [4.69, 9.17) is 21.7 Å². The molecule has 2 aromatic rings. The molecule has 0 radical (unpaired) electrons. The summed E-state index contributed by atoms with van der Waals surface area (Å²) in [5.74, 6) is 2.05. The predicted octanol–water partition coefficient (Wildman–Crippen LogP) is 2.22. The highest BCUT2D eigenvalue weighted by Gasteiger charge is 2.44. The molecule has 6 rings (SSSR count). The van der Waals surface area contributed by atoms with Crippen molar-refractivity contribution in [1.82, 2.24) is 15.2 Å². The number of anilines is 1. The fourth-order valence-corrected chi connectivity index (χ4v) is 5.03. The fourth-order valence-electron chi connectivity index (χ4n) is 5.03. The van der Waals surface area contributed by atoms with Gasteiger partial charge < -0.3 is 21.7 Å². The Morgan fingerprint density at radius 3 is 2.58 bits per heavy atom. The van der Waals surface area contributed by atoms with E-state index in [0.717, 1.165) is 42.5 Å². The van der Waals surface area contributed by atoms with E-state index in [9.17, 15) is 0 Å². The summed E-state index contributed by atoms with van der Waals surface area (Å²) in [5, 5.41) is 12.3. The molecule has 9 nitrogen and oxygen atoms in total. The number of nitrogens with zero attached hydrogens (tertiary/aromatic N) is 6. The van der Waals surface area contributed by atoms with Crippen molar-refractivity contribution in [3.63, 3.8) is 0 Å². The van der Waals surface area contributed by atoms with Gasteiger partial charge in [-0.3, -0.25) is 4.90 Å². The molecule has 3 saturated heterocycles. The SMILES string of the molecule is CC1=CC(N=C(N)/C=C(/C)N)N=C(c2ccc(N3CC4CC(C3)N4Cc3ccc(C#N)cc3)nc2)N1. The van der Waals surface area contributed by atoms with Crippen molar-refractivity contribution in [2.75, 3.05) is 18.0 Å². The van der Waals surface area contributed by atoms with Gasteiger partial charge in [-0.15, -0.1) is 0 Å². The van der Waals surface area contributed by atoms with Crippen LogP contribution in [-0.2, 0) is 6.54 Å². The van der Waals surface area contributed by atoms with Gasteiger partial charge in [-0.2, -0.15) is 5.26 Å². The second-order valence-electron chi connectivity index (χ2n) is 9.64. The molecule has 4 aliphatic heterocycles. The van der Waals surface area contributed by atoms with Crippen molar-refractivity contribution in [2.24, 2.45) is 21.5 Å². The number of aliphatic imine (C=N–C) groups is 2. The molecule has 3 fully saturated rings. The van der Waals surface area contributed by atoms with Crippen LogP contribution in [0.5, 0.6) is 0 Å². The Morgan fingerprint density at radius 2 is 1.94 bits per heavy atom. The van der Waals surface area contributed by atoms with Crippen LogP contribution in [0, 0.1) is 11.3 Å². The van der Waals surface area contributed by atoms with Crippen molar-refractivity contribution >= 4 is 17.5 Å². The average Bonchev–Trinajstić information content (AvgIpc) is 2.87. The molecule has 5 N–H and O–H groups in total. The molecule has 184 valence electrons. The van der Waals surface area contributed by atoms with E-state index >= 15 is 0 Å². The normalized spacial score (nSPS) is 24.2. The van der Waals surface area contributed by atoms with E-state index in [-0.39, 0.29) is 0 Å². The zero-order valence-corrected chi connectivity index (χ0v) is 20.6. The molecule has 3 atom stereocenters. The van der Waals surface area contributed by atoms with Gasteiger partial charge in [-0.05, 0) is 62.2 Å². The Hall–Kier alpha value is -4.16. The highest BCUT2D eigenvalue weighted by molar-refractivity contribution is 6.00. The van der Waals surface area contributed by atoms with Crippen LogP contribution in [0.15, 0.2) is 76.1 Å². The lowest BCUT2D eigenvalue weighted by Gasteiger charge is -2.56. The number of hydrogen-bond donors (Lipinski definition) is 3. The van der Waals surface area contributed by atoms with Crippen molar-refractivity contribution < 1.29 is 0 Å². The summed E-state index contributed by atoms with van der Waals surface area (Å²) in [6.07, 6.45) is 6.23. The summed E-state index contributed by atoms with van der Waals surface area (Å²) in [7, 11) is 0. The van der Waals surface area contributed by atoms with E-state index < -0.39 is 6.17 Å². The number of fused-ring (bicyclic) bond motifs is 2. The molecule has 5 heterocycles. The summed E-state index contributed by atoms with van der Waals surface area (Å²) >= 11 is 0. The highest BCUT2D eigenvalue weighted by Crippen LogP contribution is 2.35. The first-order valence-electron chi connectivity index (χ1n) is 12.1. The number of piperazine rings is 1. The Labute approximate surface area is 211 Å². The Bertz CT molecular complexity index is 1270. The molecule has 36 heavy (non-hydrogen) atoms. The van der Waals surface area contributed by atoms with Gasteiger partial charge in [0.1, 0.15) is 17.5 Å². The summed E-state index contributed by atoms with van der Waals surface area (Å²) in [6, 6.07) is 15.3. The molecule has 0 amide bonds. The topological polar surface area (TPSA) is 132 Å². The van der Waals surface area contributed by atoms with Crippen molar-refractivity contribution in [3.8, 4) is 6.07 Å². The first kappa shape index (κ1) is 23.6. The van der Waals surface area contributed by atoms with Crippen molar-refractivity contribution in [3.05, 3.63) is 82.8 Å². The average molecular weight is 482 g/mol. The van der Waals surface area contributed by atoms with Crippen molar-refractivity contribution in [1.29, 1.82) is 5.26 Å². The van der Waals surface area contributed by atoms with Gasteiger partial charge >= 0.3 is 0 Å². The number of aromatic nitrogens is 1. The monoisotopic (exact) mass is 481 g/mol. The van der Waals surface area contributed by atoms with E-state index in [1.807, 2.05) is 31.3 Å². The number of nitrogens with two attached hydrogens (primary N) is 2. The minimum absolute atomic E-state index is 0.347. The molecule has 1 aromatic heterocycles. The Kier molecular flexibility index (Phi) is 6.44. The van der Waals surface area contributed by atoms with Crippen LogP contribution < -0.4 is 21.7 Å². The van der Waals surface area contributed by atoms with Crippen LogP contribution >= 0.6 is 0 Å². The lowest BCUT2D eigenvalue weighted by atomic mass is 9.86. The maximum Gasteiger partial charge on any atom is 0.164 e. The third kappa shape index (κ3) is 5.09. The molecule has 9 heteroatoms. The summed E-state index contributed by atoms with van der Waals surface area (Å²) in [4.78, 5) is 18.8. The number of pyridine rings is 1. The Morgan fingerprint density at radius 1 is 1.19 bits per heavy atom.